The second-order valence-electron chi connectivity index (χ2n) is 8.70. The molecule has 0 spiro atoms. The average Bonchev–Trinajstić information content (AvgIpc) is 3.42. The second kappa shape index (κ2) is 7.56. The Balaban J connectivity index is 1.45. The number of β-lactam (4-membered cyclic amide) rings is 1. The average molecular weight is 466 g/mol. The first-order chi connectivity index (χ1) is 15.7. The van der Waals surface area contributed by atoms with Crippen LogP contribution >= 0.6 is 11.8 Å². The van der Waals surface area contributed by atoms with E-state index in [1.165, 1.54) is 12.1 Å². The second-order valence-corrected chi connectivity index (χ2v) is 10.5. The molecule has 2 fully saturated rings. The Morgan fingerprint density at radius 3 is 2.48 bits per heavy atom. The topological polar surface area (TPSA) is 150 Å². The summed E-state index contributed by atoms with van der Waals surface area (Å²) in [5.41, 5.74) is 6.26. The molecule has 5 N–H and O–H groups in total. The normalized spacial score (nSPS) is 25.1. The van der Waals surface area contributed by atoms with E-state index in [0.717, 1.165) is 0 Å². The van der Waals surface area contributed by atoms with E-state index >= 15 is 0 Å². The summed E-state index contributed by atoms with van der Waals surface area (Å²) in [7, 11) is 0. The molecule has 2 aliphatic rings. The summed E-state index contributed by atoms with van der Waals surface area (Å²) >= 11 is 1.58. The summed E-state index contributed by atoms with van der Waals surface area (Å²) < 4.78 is -0.375. The van der Waals surface area contributed by atoms with Crippen LogP contribution in [-0.4, -0.2) is 58.6 Å². The van der Waals surface area contributed by atoms with Gasteiger partial charge in [-0.2, -0.15) is 5.21 Å². The fraction of sp³-hybridized carbons (Fsp3) is 0.318. The molecule has 2 aromatic carbocycles. The number of carbonyl (C=O) groups excluding carboxylic acids is 2. The summed E-state index contributed by atoms with van der Waals surface area (Å²) in [6.07, 6.45) is 0. The van der Waals surface area contributed by atoms with Crippen molar-refractivity contribution >= 4 is 23.6 Å². The number of nitrogens with two attached hydrogens (primary N) is 1. The van der Waals surface area contributed by atoms with Crippen molar-refractivity contribution in [2.75, 3.05) is 0 Å². The molecule has 0 bridgehead atoms. The number of phenolic OH excluding ortho intramolecular Hbond substituents is 1. The van der Waals surface area contributed by atoms with Gasteiger partial charge in [0.1, 0.15) is 28.7 Å². The van der Waals surface area contributed by atoms with Crippen LogP contribution < -0.4 is 11.1 Å². The minimum Gasteiger partial charge on any atom is -0.508 e. The summed E-state index contributed by atoms with van der Waals surface area (Å²) in [6, 6.07) is 14.0. The van der Waals surface area contributed by atoms with E-state index in [-0.39, 0.29) is 27.8 Å². The molecule has 0 aliphatic carbocycles. The third kappa shape index (κ3) is 3.26. The molecule has 2 amide bonds. The van der Waals surface area contributed by atoms with Crippen LogP contribution in [0.2, 0.25) is 0 Å². The number of aromatic hydroxyl groups is 1. The number of aromatic amines is 1. The smallest absolute Gasteiger partial charge is 0.250 e. The molecule has 10 nitrogen and oxygen atoms in total. The SMILES string of the molecule is CC1(C)S[C@@H]2C(NC(=O)C(N)(c3ccccc3)c3ccc(O)cc3)C(=O)N2C1c1nn[nH]n1. The van der Waals surface area contributed by atoms with E-state index in [4.69, 9.17) is 5.73 Å². The first-order valence-corrected chi connectivity index (χ1v) is 11.3. The molecular weight excluding hydrogens is 442 g/mol. The molecule has 4 atom stereocenters. The molecule has 0 saturated carbocycles. The van der Waals surface area contributed by atoms with E-state index in [1.54, 1.807) is 53.1 Å². The van der Waals surface area contributed by atoms with Gasteiger partial charge in [-0.25, -0.2) is 0 Å². The van der Waals surface area contributed by atoms with Crippen molar-refractivity contribution in [3.05, 3.63) is 71.5 Å². The van der Waals surface area contributed by atoms with Gasteiger partial charge in [0.05, 0.1) is 0 Å². The largest absolute Gasteiger partial charge is 0.508 e. The van der Waals surface area contributed by atoms with Gasteiger partial charge in [-0.05, 0) is 37.1 Å². The van der Waals surface area contributed by atoms with E-state index in [2.05, 4.69) is 25.9 Å². The Hall–Kier alpha value is -3.44. The third-order valence-corrected chi connectivity index (χ3v) is 7.82. The molecule has 33 heavy (non-hydrogen) atoms. The molecule has 3 heterocycles. The van der Waals surface area contributed by atoms with Crippen molar-refractivity contribution in [3.63, 3.8) is 0 Å². The highest BCUT2D eigenvalue weighted by molar-refractivity contribution is 8.01. The summed E-state index contributed by atoms with van der Waals surface area (Å²) in [6.45, 7) is 4.02. The van der Waals surface area contributed by atoms with Crippen LogP contribution in [-0.2, 0) is 15.1 Å². The highest BCUT2D eigenvalue weighted by Crippen LogP contribution is 2.56. The molecule has 170 valence electrons. The van der Waals surface area contributed by atoms with E-state index in [9.17, 15) is 14.7 Å². The fourth-order valence-corrected chi connectivity index (χ4v) is 6.19. The number of fused-ring (bicyclic) bond motifs is 1. The number of H-pyrrole nitrogens is 1. The lowest BCUT2D eigenvalue weighted by molar-refractivity contribution is -0.152. The lowest BCUT2D eigenvalue weighted by Gasteiger charge is -2.45. The van der Waals surface area contributed by atoms with Crippen molar-refractivity contribution in [2.24, 2.45) is 5.73 Å². The molecule has 5 rings (SSSR count). The van der Waals surface area contributed by atoms with Gasteiger partial charge in [-0.3, -0.25) is 9.59 Å². The number of aromatic nitrogens is 4. The van der Waals surface area contributed by atoms with Crippen LogP contribution in [0.3, 0.4) is 0 Å². The maximum Gasteiger partial charge on any atom is 0.250 e. The molecule has 0 radical (unpaired) electrons. The number of tetrazole rings is 1. The molecule has 1 aromatic heterocycles. The van der Waals surface area contributed by atoms with Gasteiger partial charge in [0.15, 0.2) is 5.82 Å². The van der Waals surface area contributed by atoms with Crippen molar-refractivity contribution in [2.45, 2.75) is 41.6 Å². The highest BCUT2D eigenvalue weighted by Gasteiger charge is 2.63. The highest BCUT2D eigenvalue weighted by atomic mass is 32.2. The van der Waals surface area contributed by atoms with Crippen molar-refractivity contribution < 1.29 is 14.7 Å². The monoisotopic (exact) mass is 465 g/mol. The summed E-state index contributed by atoms with van der Waals surface area (Å²) in [4.78, 5) is 28.5. The number of carbonyl (C=O) groups is 2. The molecule has 11 heteroatoms. The number of hydrogen-bond donors (Lipinski definition) is 4. The number of hydrogen-bond acceptors (Lipinski definition) is 8. The Bertz CT molecular complexity index is 1190. The predicted molar refractivity (Wildman–Crippen MR) is 121 cm³/mol. The number of nitrogens with zero attached hydrogens (tertiary/aromatic N) is 4. The Morgan fingerprint density at radius 2 is 1.85 bits per heavy atom. The molecule has 3 unspecified atom stereocenters. The number of phenols is 1. The summed E-state index contributed by atoms with van der Waals surface area (Å²) in [5, 5.41) is 26.5. The summed E-state index contributed by atoms with van der Waals surface area (Å²) in [5.74, 6) is -0.215. The standard InChI is InChI=1S/C22H23N7O3S/c1-21(2)16(17-25-27-28-26-17)29-18(31)15(19(29)33-21)24-20(32)22(23,12-6-4-3-5-7-12)13-8-10-14(30)11-9-13/h3-11,15-16,19,30H,23H2,1-2H3,(H,24,32)(H,25,26,27,28)/t15?,16?,19-,22?/m1/s1. The van der Waals surface area contributed by atoms with Gasteiger partial charge >= 0.3 is 0 Å². The van der Waals surface area contributed by atoms with Gasteiger partial charge in [0.2, 0.25) is 11.8 Å². The zero-order chi connectivity index (χ0) is 23.4. The number of thioether (sulfide) groups is 1. The maximum atomic E-state index is 13.6. The van der Waals surface area contributed by atoms with Crippen LogP contribution in [0.5, 0.6) is 5.75 Å². The Morgan fingerprint density at radius 1 is 1.18 bits per heavy atom. The van der Waals surface area contributed by atoms with E-state index < -0.39 is 17.5 Å². The van der Waals surface area contributed by atoms with Crippen molar-refractivity contribution in [3.8, 4) is 5.75 Å². The van der Waals surface area contributed by atoms with Gasteiger partial charge in [-0.1, -0.05) is 47.7 Å². The minimum atomic E-state index is -1.55. The first kappa shape index (κ1) is 21.4. The van der Waals surface area contributed by atoms with Crippen LogP contribution in [0, 0.1) is 0 Å². The molecule has 2 aliphatic heterocycles. The Kier molecular flexibility index (Phi) is 4.91. The maximum absolute atomic E-state index is 13.6. The predicted octanol–water partition coefficient (Wildman–Crippen LogP) is 1.03. The quantitative estimate of drug-likeness (QED) is 0.408. The lowest BCUT2D eigenvalue weighted by atomic mass is 9.82. The van der Waals surface area contributed by atoms with Gasteiger partial charge in [-0.15, -0.1) is 22.0 Å². The molecule has 2 saturated heterocycles. The van der Waals surface area contributed by atoms with Crippen LogP contribution in [0.4, 0.5) is 0 Å². The van der Waals surface area contributed by atoms with Crippen molar-refractivity contribution in [1.82, 2.24) is 30.8 Å². The van der Waals surface area contributed by atoms with E-state index in [0.29, 0.717) is 17.0 Å². The first-order valence-electron chi connectivity index (χ1n) is 10.4. The van der Waals surface area contributed by atoms with Crippen LogP contribution in [0.15, 0.2) is 54.6 Å². The molecule has 3 aromatic rings. The van der Waals surface area contributed by atoms with Crippen LogP contribution in [0.25, 0.3) is 0 Å². The zero-order valence-corrected chi connectivity index (χ0v) is 18.8. The van der Waals surface area contributed by atoms with Gasteiger partial charge in [0.25, 0.3) is 0 Å². The fourth-order valence-electron chi connectivity index (χ4n) is 4.56. The Labute approximate surface area is 193 Å². The number of amides is 2. The lowest BCUT2D eigenvalue weighted by Crippen LogP contribution is -2.70. The third-order valence-electron chi connectivity index (χ3n) is 6.24. The van der Waals surface area contributed by atoms with E-state index in [1.807, 2.05) is 19.9 Å². The number of rotatable bonds is 5. The number of nitrogens with one attached hydrogen (secondary N) is 2. The number of benzene rings is 2. The molecular formula is C22H23N7O3S. The zero-order valence-electron chi connectivity index (χ0n) is 18.0. The minimum absolute atomic E-state index is 0.0662. The van der Waals surface area contributed by atoms with Gasteiger partial charge in [0, 0.05) is 4.75 Å². The van der Waals surface area contributed by atoms with Gasteiger partial charge < -0.3 is 21.1 Å². The van der Waals surface area contributed by atoms with Crippen molar-refractivity contribution in [1.29, 1.82) is 0 Å². The van der Waals surface area contributed by atoms with Crippen LogP contribution in [0.1, 0.15) is 36.8 Å².